The maximum Gasteiger partial charge on any atom is 0.416 e. The van der Waals surface area contributed by atoms with Crippen LogP contribution in [0, 0.1) is 11.7 Å². The molecule has 266 valence electrons. The molecule has 1 aliphatic carbocycles. The zero-order valence-electron chi connectivity index (χ0n) is 29.5. The first-order chi connectivity index (χ1) is 23.6. The van der Waals surface area contributed by atoms with Gasteiger partial charge in [-0.3, -0.25) is 9.88 Å². The number of piperidine rings is 1. The third kappa shape index (κ3) is 8.32. The molecule has 2 atom stereocenters. The van der Waals surface area contributed by atoms with E-state index in [2.05, 4.69) is 15.4 Å². The summed E-state index contributed by atoms with van der Waals surface area (Å²) in [5.41, 5.74) is 1.58. The Morgan fingerprint density at radius 1 is 1.04 bits per heavy atom. The van der Waals surface area contributed by atoms with Gasteiger partial charge in [-0.1, -0.05) is 12.1 Å². The summed E-state index contributed by atoms with van der Waals surface area (Å²) in [6.45, 7) is 11.8. The van der Waals surface area contributed by atoms with Gasteiger partial charge in [0.15, 0.2) is 5.65 Å². The Morgan fingerprint density at radius 2 is 1.80 bits per heavy atom. The molecule has 2 fully saturated rings. The van der Waals surface area contributed by atoms with Crippen molar-refractivity contribution in [1.29, 1.82) is 0 Å². The number of hydrogen-bond donors (Lipinski definition) is 2. The average Bonchev–Trinajstić information content (AvgIpc) is 3.79. The van der Waals surface area contributed by atoms with Gasteiger partial charge in [-0.05, 0) is 96.6 Å². The van der Waals surface area contributed by atoms with E-state index in [0.29, 0.717) is 59.5 Å². The van der Waals surface area contributed by atoms with Crippen molar-refractivity contribution in [1.82, 2.24) is 24.5 Å². The van der Waals surface area contributed by atoms with E-state index in [1.807, 2.05) is 20.8 Å². The highest BCUT2D eigenvalue weighted by Crippen LogP contribution is 2.42. The first-order valence-corrected chi connectivity index (χ1v) is 17.1. The molecule has 0 bridgehead atoms. The highest BCUT2D eigenvalue weighted by molar-refractivity contribution is 5.88. The lowest BCUT2D eigenvalue weighted by atomic mass is 9.94. The van der Waals surface area contributed by atoms with Gasteiger partial charge in [-0.25, -0.2) is 19.0 Å². The number of carbonyl (C=O) groups excluding carboxylic acids is 2. The van der Waals surface area contributed by atoms with Crippen LogP contribution in [-0.4, -0.2) is 78.7 Å². The number of aromatic nitrogens is 4. The van der Waals surface area contributed by atoms with Gasteiger partial charge in [0.1, 0.15) is 28.7 Å². The zero-order chi connectivity index (χ0) is 35.8. The third-order valence-corrected chi connectivity index (χ3v) is 8.62. The van der Waals surface area contributed by atoms with E-state index >= 15 is 4.39 Å². The summed E-state index contributed by atoms with van der Waals surface area (Å²) in [4.78, 5) is 38.7. The van der Waals surface area contributed by atoms with E-state index in [0.717, 1.165) is 18.4 Å². The number of halogens is 1. The Bertz CT molecular complexity index is 1850. The summed E-state index contributed by atoms with van der Waals surface area (Å²) in [5.74, 6) is 0.588. The van der Waals surface area contributed by atoms with Crippen molar-refractivity contribution in [3.05, 3.63) is 71.8 Å². The number of benzene rings is 1. The summed E-state index contributed by atoms with van der Waals surface area (Å²) in [6.07, 6.45) is 4.17. The Kier molecular flexibility index (Phi) is 9.71. The minimum absolute atomic E-state index is 0.00660. The fraction of sp³-hybridized carbons (Fsp3) is 0.486. The van der Waals surface area contributed by atoms with Crippen LogP contribution in [0.5, 0.6) is 0 Å². The number of pyridine rings is 1. The molecule has 4 heterocycles. The van der Waals surface area contributed by atoms with Crippen molar-refractivity contribution in [2.45, 2.75) is 90.6 Å². The summed E-state index contributed by atoms with van der Waals surface area (Å²) in [5, 5.41) is 19.0. The molecule has 1 saturated carbocycles. The standard InChI is InChI=1S/C37H46FN7O5/c1-36(2,3)49-34(47)43-16-14-25(30(46)22-43)19-40-31-18-32(45-33(42-31)27(20-41-45)24-11-12-24)44(35(48)50-37(4,5)6)21-23-10-13-26(28(38)17-23)29-9-7-8-15-39-29/h7-10,13,15,17-18,20,24-25,30,46H,11-12,14,16,19,21-22H2,1-6H3,(H,40,42)/t25-,30+/m1/s1. The van der Waals surface area contributed by atoms with Crippen molar-refractivity contribution in [3.63, 3.8) is 0 Å². The van der Waals surface area contributed by atoms with Crippen LogP contribution >= 0.6 is 0 Å². The Morgan fingerprint density at radius 3 is 2.44 bits per heavy atom. The molecule has 0 radical (unpaired) electrons. The monoisotopic (exact) mass is 687 g/mol. The largest absolute Gasteiger partial charge is 0.444 e. The molecule has 0 unspecified atom stereocenters. The maximum absolute atomic E-state index is 15.5. The zero-order valence-corrected chi connectivity index (χ0v) is 29.5. The minimum Gasteiger partial charge on any atom is -0.444 e. The van der Waals surface area contributed by atoms with Crippen LogP contribution in [0.2, 0.25) is 0 Å². The molecule has 12 nitrogen and oxygen atoms in total. The fourth-order valence-electron chi connectivity index (χ4n) is 6.00. The fourth-order valence-corrected chi connectivity index (χ4v) is 6.00. The molecule has 1 aromatic carbocycles. The molecule has 0 spiro atoms. The van der Waals surface area contributed by atoms with E-state index in [9.17, 15) is 14.7 Å². The summed E-state index contributed by atoms with van der Waals surface area (Å²) >= 11 is 0. The van der Waals surface area contributed by atoms with Crippen molar-refractivity contribution >= 4 is 29.5 Å². The predicted octanol–water partition coefficient (Wildman–Crippen LogP) is 6.78. The first kappa shape index (κ1) is 35.1. The number of anilines is 2. The van der Waals surface area contributed by atoms with Crippen molar-refractivity contribution in [2.24, 2.45) is 5.92 Å². The molecule has 2 amide bonds. The van der Waals surface area contributed by atoms with Crippen LogP contribution < -0.4 is 10.2 Å². The lowest BCUT2D eigenvalue weighted by Gasteiger charge is -2.36. The number of aliphatic hydroxyl groups is 1. The van der Waals surface area contributed by atoms with Crippen molar-refractivity contribution in [2.75, 3.05) is 29.9 Å². The molecule has 13 heteroatoms. The molecule has 1 saturated heterocycles. The molecule has 1 aliphatic heterocycles. The van der Waals surface area contributed by atoms with Crippen LogP contribution in [0.15, 0.2) is 54.9 Å². The molecular weight excluding hydrogens is 641 g/mol. The number of β-amino-alcohol motifs (C(OH)–C–C–N with tert-alkyl or cyclic N) is 1. The summed E-state index contributed by atoms with van der Waals surface area (Å²) < 4.78 is 28.5. The Labute approximate surface area is 291 Å². The van der Waals surface area contributed by atoms with Crippen LogP contribution in [0.3, 0.4) is 0 Å². The van der Waals surface area contributed by atoms with E-state index < -0.39 is 35.3 Å². The third-order valence-electron chi connectivity index (χ3n) is 8.62. The van der Waals surface area contributed by atoms with E-state index in [1.165, 1.54) is 15.9 Å². The van der Waals surface area contributed by atoms with E-state index in [1.54, 1.807) is 74.1 Å². The highest BCUT2D eigenvalue weighted by Gasteiger charge is 2.34. The molecule has 2 N–H and O–H groups in total. The van der Waals surface area contributed by atoms with Gasteiger partial charge in [-0.15, -0.1) is 0 Å². The van der Waals surface area contributed by atoms with Crippen LogP contribution in [0.1, 0.15) is 77.8 Å². The SMILES string of the molecule is CC(C)(C)OC(=O)N1CC[C@H](CNc2cc(N(Cc3ccc(-c4ccccn4)c(F)c3)C(=O)OC(C)(C)C)n3ncc(C4CC4)c3n2)[C@@H](O)C1. The number of ether oxygens (including phenoxy) is 2. The quantitative estimate of drug-likeness (QED) is 0.206. The highest BCUT2D eigenvalue weighted by atomic mass is 19.1. The molecular formula is C37H46FN7O5. The van der Waals surface area contributed by atoms with Crippen LogP contribution in [0.4, 0.5) is 25.6 Å². The minimum atomic E-state index is -0.801. The van der Waals surface area contributed by atoms with Crippen LogP contribution in [0.25, 0.3) is 16.9 Å². The first-order valence-electron chi connectivity index (χ1n) is 17.1. The molecule has 6 rings (SSSR count). The van der Waals surface area contributed by atoms with Gasteiger partial charge in [-0.2, -0.15) is 9.61 Å². The molecule has 2 aliphatic rings. The second-order valence-corrected chi connectivity index (χ2v) is 15.1. The summed E-state index contributed by atoms with van der Waals surface area (Å²) in [7, 11) is 0. The number of amides is 2. The molecule has 4 aromatic rings. The Balaban J connectivity index is 1.29. The average molecular weight is 688 g/mol. The van der Waals surface area contributed by atoms with Gasteiger partial charge in [0.05, 0.1) is 31.1 Å². The van der Waals surface area contributed by atoms with Gasteiger partial charge >= 0.3 is 12.2 Å². The lowest BCUT2D eigenvalue weighted by Crippen LogP contribution is -2.49. The number of hydrogen-bond acceptors (Lipinski definition) is 9. The Hall–Kier alpha value is -4.78. The number of nitrogens with zero attached hydrogens (tertiary/aromatic N) is 6. The number of aliphatic hydroxyl groups excluding tert-OH is 1. The number of nitrogens with one attached hydrogen (secondary N) is 1. The van der Waals surface area contributed by atoms with Crippen molar-refractivity contribution in [3.8, 4) is 11.3 Å². The van der Waals surface area contributed by atoms with E-state index in [4.69, 9.17) is 14.5 Å². The van der Waals surface area contributed by atoms with Crippen molar-refractivity contribution < 1.29 is 28.6 Å². The maximum atomic E-state index is 15.5. The number of fused-ring (bicyclic) bond motifs is 1. The lowest BCUT2D eigenvalue weighted by molar-refractivity contribution is -0.0104. The number of likely N-dealkylation sites (tertiary alicyclic amines) is 1. The molecule has 3 aromatic heterocycles. The topological polar surface area (TPSA) is 134 Å². The van der Waals surface area contributed by atoms with Gasteiger partial charge < -0.3 is 24.8 Å². The normalized spacial score (nSPS) is 18.2. The molecule has 50 heavy (non-hydrogen) atoms. The second-order valence-electron chi connectivity index (χ2n) is 15.1. The van der Waals surface area contributed by atoms with Gasteiger partial charge in [0.2, 0.25) is 0 Å². The second kappa shape index (κ2) is 13.9. The summed E-state index contributed by atoms with van der Waals surface area (Å²) in [6, 6.07) is 11.9. The smallest absolute Gasteiger partial charge is 0.416 e. The van der Waals surface area contributed by atoms with E-state index in [-0.39, 0.29) is 19.0 Å². The predicted molar refractivity (Wildman–Crippen MR) is 187 cm³/mol. The number of carbonyl (C=O) groups is 2. The van der Waals surface area contributed by atoms with Gasteiger partial charge in [0, 0.05) is 42.4 Å². The van der Waals surface area contributed by atoms with Crippen LogP contribution in [-0.2, 0) is 16.0 Å². The van der Waals surface area contributed by atoms with Gasteiger partial charge in [0.25, 0.3) is 0 Å². The number of rotatable bonds is 8.